The van der Waals surface area contributed by atoms with Gasteiger partial charge in [0.15, 0.2) is 4.77 Å². The van der Waals surface area contributed by atoms with E-state index in [0.29, 0.717) is 4.57 Å². The van der Waals surface area contributed by atoms with Crippen LogP contribution in [0, 0.1) is 4.77 Å². The van der Waals surface area contributed by atoms with Gasteiger partial charge in [-0.25, -0.2) is 0 Å². The van der Waals surface area contributed by atoms with E-state index in [2.05, 4.69) is 22.1 Å². The first-order chi connectivity index (χ1) is 9.58. The second-order valence-electron chi connectivity index (χ2n) is 3.73. The molecule has 0 atom stereocenters. The second kappa shape index (κ2) is 5.06. The lowest BCUT2D eigenvalue weighted by Crippen LogP contribution is -2.17. The van der Waals surface area contributed by atoms with Crippen LogP contribution >= 0.6 is 12.2 Å². The summed E-state index contributed by atoms with van der Waals surface area (Å²) in [5.41, 5.74) is -0.101. The molecule has 0 spiro atoms. The predicted octanol–water partition coefficient (Wildman–Crippen LogP) is 3.85. The van der Waals surface area contributed by atoms with Gasteiger partial charge in [0.1, 0.15) is 5.75 Å². The normalized spacial score (nSPS) is 12.5. The molecule has 2 aromatic rings. The summed E-state index contributed by atoms with van der Waals surface area (Å²) in [4.78, 5) is 0. The molecule has 2 rings (SSSR count). The van der Waals surface area contributed by atoms with Crippen LogP contribution in [0.25, 0.3) is 5.69 Å². The summed E-state index contributed by atoms with van der Waals surface area (Å²) < 4.78 is 78.0. The number of alkyl halides is 6. The van der Waals surface area contributed by atoms with Crippen molar-refractivity contribution in [2.45, 2.75) is 12.5 Å². The molecule has 0 bridgehead atoms. The molecule has 1 N–H and O–H groups in total. The van der Waals surface area contributed by atoms with Crippen molar-refractivity contribution in [2.24, 2.45) is 0 Å². The summed E-state index contributed by atoms with van der Waals surface area (Å²) in [5, 5.41) is 5.03. The largest absolute Gasteiger partial charge is 0.573 e. The molecule has 21 heavy (non-hydrogen) atoms. The van der Waals surface area contributed by atoms with Crippen molar-refractivity contribution in [1.29, 1.82) is 0 Å². The molecule has 1 aromatic carbocycles. The average molecular weight is 329 g/mol. The molecule has 114 valence electrons. The van der Waals surface area contributed by atoms with E-state index in [1.807, 2.05) is 5.10 Å². The average Bonchev–Trinajstić information content (AvgIpc) is 2.70. The van der Waals surface area contributed by atoms with Crippen LogP contribution in [0.3, 0.4) is 0 Å². The Morgan fingerprint density at radius 3 is 2.10 bits per heavy atom. The molecule has 0 aliphatic rings. The maximum Gasteiger partial charge on any atom is 0.573 e. The zero-order valence-electron chi connectivity index (χ0n) is 9.79. The topological polar surface area (TPSA) is 42.8 Å². The Kier molecular flexibility index (Phi) is 3.70. The molecule has 0 radical (unpaired) electrons. The summed E-state index contributed by atoms with van der Waals surface area (Å²) in [6.07, 6.45) is -9.65. The van der Waals surface area contributed by atoms with Gasteiger partial charge in [0.05, 0.1) is 5.69 Å². The monoisotopic (exact) mass is 329 g/mol. The minimum Gasteiger partial charge on any atom is -0.406 e. The molecule has 0 saturated heterocycles. The minimum absolute atomic E-state index is 0.101. The number of rotatable bonds is 2. The van der Waals surface area contributed by atoms with Crippen LogP contribution in [0.5, 0.6) is 5.75 Å². The Morgan fingerprint density at radius 1 is 1.05 bits per heavy atom. The fraction of sp³-hybridized carbons (Fsp3) is 0.200. The van der Waals surface area contributed by atoms with Crippen molar-refractivity contribution in [3.63, 3.8) is 0 Å². The van der Waals surface area contributed by atoms with Crippen molar-refractivity contribution in [2.75, 3.05) is 0 Å². The Hall–Kier alpha value is -2.04. The third-order valence-corrected chi connectivity index (χ3v) is 2.53. The maximum absolute atomic E-state index is 12.7. The highest BCUT2D eigenvalue weighted by Crippen LogP contribution is 2.30. The first-order valence-corrected chi connectivity index (χ1v) is 5.59. The lowest BCUT2D eigenvalue weighted by atomic mass is 10.3. The lowest BCUT2D eigenvalue weighted by molar-refractivity contribution is -0.274. The van der Waals surface area contributed by atoms with Crippen molar-refractivity contribution in [3.05, 3.63) is 34.9 Å². The van der Waals surface area contributed by atoms with Gasteiger partial charge in [0.2, 0.25) is 5.82 Å². The van der Waals surface area contributed by atoms with Crippen LogP contribution in [0.15, 0.2) is 24.3 Å². The number of halogens is 6. The Morgan fingerprint density at radius 2 is 1.62 bits per heavy atom. The molecular formula is C10H5F6N3OS. The van der Waals surface area contributed by atoms with Gasteiger partial charge in [-0.2, -0.15) is 13.2 Å². The molecule has 0 saturated carbocycles. The summed E-state index contributed by atoms with van der Waals surface area (Å²) in [5.74, 6) is -1.87. The Labute approximate surface area is 118 Å². The number of hydrogen-bond acceptors (Lipinski definition) is 3. The van der Waals surface area contributed by atoms with E-state index in [4.69, 9.17) is 0 Å². The Bertz CT molecular complexity index is 685. The highest BCUT2D eigenvalue weighted by molar-refractivity contribution is 7.71. The van der Waals surface area contributed by atoms with Gasteiger partial charge < -0.3 is 4.74 Å². The van der Waals surface area contributed by atoms with Crippen LogP contribution < -0.4 is 4.74 Å². The van der Waals surface area contributed by atoms with Gasteiger partial charge in [-0.05, 0) is 36.5 Å². The number of ether oxygens (including phenoxy) is 1. The molecule has 0 aliphatic carbocycles. The number of hydrogen-bond donors (Lipinski definition) is 1. The van der Waals surface area contributed by atoms with E-state index in [0.717, 1.165) is 24.3 Å². The van der Waals surface area contributed by atoms with Crippen molar-refractivity contribution in [1.82, 2.24) is 14.8 Å². The number of benzene rings is 1. The van der Waals surface area contributed by atoms with Gasteiger partial charge in [-0.15, -0.1) is 18.3 Å². The summed E-state index contributed by atoms with van der Waals surface area (Å²) in [6.45, 7) is 0. The van der Waals surface area contributed by atoms with Gasteiger partial charge in [-0.1, -0.05) is 0 Å². The third kappa shape index (κ3) is 3.54. The van der Waals surface area contributed by atoms with Crippen LogP contribution in [0.1, 0.15) is 5.82 Å². The highest BCUT2D eigenvalue weighted by Gasteiger charge is 2.38. The minimum atomic E-state index is -4.88. The standard InChI is InChI=1S/C10H5F6N3OS/c11-9(12,13)7-17-18-8(21)19(7)5-1-3-6(4-2-5)20-10(14,15)16/h1-4H,(H,18,21). The third-order valence-electron chi connectivity index (χ3n) is 2.25. The zero-order chi connectivity index (χ0) is 15.8. The van der Waals surface area contributed by atoms with Crippen molar-refractivity contribution >= 4 is 12.2 Å². The van der Waals surface area contributed by atoms with E-state index in [-0.39, 0.29) is 10.5 Å². The molecule has 0 unspecified atom stereocenters. The quantitative estimate of drug-likeness (QED) is 0.672. The summed E-state index contributed by atoms with van der Waals surface area (Å²) >= 11 is 4.68. The van der Waals surface area contributed by atoms with E-state index >= 15 is 0 Å². The fourth-order valence-electron chi connectivity index (χ4n) is 1.52. The molecule has 1 aromatic heterocycles. The van der Waals surface area contributed by atoms with Gasteiger partial charge in [0, 0.05) is 0 Å². The SMILES string of the molecule is FC(F)(F)Oc1ccc(-n2c(C(F)(F)F)n[nH]c2=S)cc1. The molecule has 1 heterocycles. The summed E-state index contributed by atoms with van der Waals surface area (Å²) in [7, 11) is 0. The van der Waals surface area contributed by atoms with E-state index < -0.39 is 24.1 Å². The van der Waals surface area contributed by atoms with E-state index in [1.54, 1.807) is 0 Å². The van der Waals surface area contributed by atoms with Gasteiger partial charge >= 0.3 is 12.5 Å². The maximum atomic E-state index is 12.7. The highest BCUT2D eigenvalue weighted by atomic mass is 32.1. The van der Waals surface area contributed by atoms with Crippen molar-refractivity contribution < 1.29 is 31.1 Å². The van der Waals surface area contributed by atoms with Gasteiger partial charge in [-0.3, -0.25) is 9.67 Å². The molecule has 0 fully saturated rings. The number of nitrogens with zero attached hydrogens (tertiary/aromatic N) is 2. The lowest BCUT2D eigenvalue weighted by Gasteiger charge is -2.11. The number of aromatic nitrogens is 3. The molecule has 4 nitrogen and oxygen atoms in total. The summed E-state index contributed by atoms with van der Waals surface area (Å²) in [6, 6.07) is 3.75. The molecule has 0 aliphatic heterocycles. The van der Waals surface area contributed by atoms with E-state index in [9.17, 15) is 26.3 Å². The number of nitrogens with one attached hydrogen (secondary N) is 1. The van der Waals surface area contributed by atoms with Crippen LogP contribution in [-0.4, -0.2) is 21.1 Å². The van der Waals surface area contributed by atoms with Crippen LogP contribution in [-0.2, 0) is 6.18 Å². The fourth-order valence-corrected chi connectivity index (χ4v) is 1.76. The molecule has 11 heteroatoms. The first kappa shape index (κ1) is 15.4. The number of H-pyrrole nitrogens is 1. The Balaban J connectivity index is 2.40. The number of aromatic amines is 1. The second-order valence-corrected chi connectivity index (χ2v) is 4.11. The van der Waals surface area contributed by atoms with Crippen LogP contribution in [0.2, 0.25) is 0 Å². The van der Waals surface area contributed by atoms with Gasteiger partial charge in [0.25, 0.3) is 0 Å². The predicted molar refractivity (Wildman–Crippen MR) is 60.4 cm³/mol. The zero-order valence-corrected chi connectivity index (χ0v) is 10.6. The van der Waals surface area contributed by atoms with E-state index in [1.165, 1.54) is 0 Å². The van der Waals surface area contributed by atoms with Crippen LogP contribution in [0.4, 0.5) is 26.3 Å². The molecular weight excluding hydrogens is 324 g/mol. The molecule has 0 amide bonds. The van der Waals surface area contributed by atoms with Crippen molar-refractivity contribution in [3.8, 4) is 11.4 Å². The smallest absolute Gasteiger partial charge is 0.406 e. The first-order valence-electron chi connectivity index (χ1n) is 5.19.